The molecule has 0 spiro atoms. The number of rotatable bonds is 1. The van der Waals surface area contributed by atoms with Crippen LogP contribution in [0, 0.1) is 18.5 Å². The summed E-state index contributed by atoms with van der Waals surface area (Å²) < 4.78 is 6.11. The third kappa shape index (κ3) is 2.36. The summed E-state index contributed by atoms with van der Waals surface area (Å²) in [7, 11) is 1.34. The summed E-state index contributed by atoms with van der Waals surface area (Å²) in [5.41, 5.74) is 1.07. The lowest BCUT2D eigenvalue weighted by molar-refractivity contribution is 0.0598. The predicted octanol–water partition coefficient (Wildman–Crippen LogP) is 2.55. The minimum Gasteiger partial charge on any atom is -0.465 e. The predicted molar refractivity (Wildman–Crippen MR) is 67.9 cm³/mol. The van der Waals surface area contributed by atoms with Gasteiger partial charge in [0.05, 0.1) is 24.3 Å². The van der Waals surface area contributed by atoms with E-state index in [2.05, 4.69) is 4.74 Å². The summed E-state index contributed by atoms with van der Waals surface area (Å²) in [5.74, 6) is -0.372. The van der Waals surface area contributed by atoms with Gasteiger partial charge in [0, 0.05) is 7.14 Å². The number of carbonyl (C=O) groups excluding carboxylic acids is 1. The van der Waals surface area contributed by atoms with Crippen LogP contribution in [0.2, 0.25) is 0 Å². The molecule has 0 amide bonds. The molecule has 0 aliphatic carbocycles. The summed E-state index contributed by atoms with van der Waals surface area (Å²) in [5, 5.41) is 8.70. The number of nitriles is 1. The van der Waals surface area contributed by atoms with E-state index in [-0.39, 0.29) is 5.97 Å². The van der Waals surface area contributed by atoms with Crippen LogP contribution in [0.3, 0.4) is 0 Å². The number of halogens is 2. The lowest BCUT2D eigenvalue weighted by atomic mass is 10.1. The Labute approximate surface area is 109 Å². The van der Waals surface area contributed by atoms with Crippen molar-refractivity contribution in [3.05, 3.63) is 30.4 Å². The topological polar surface area (TPSA) is 50.1 Å². The molecule has 1 aromatic carbocycles. The highest BCUT2D eigenvalue weighted by Gasteiger charge is 2.15. The summed E-state index contributed by atoms with van der Waals surface area (Å²) in [6, 6.07) is 5.35. The maximum atomic E-state index is 11.3. The van der Waals surface area contributed by atoms with Gasteiger partial charge < -0.3 is 4.74 Å². The van der Waals surface area contributed by atoms with Gasteiger partial charge >= 0.3 is 5.97 Å². The van der Waals surface area contributed by atoms with Gasteiger partial charge in [0.25, 0.3) is 0 Å². The molecule has 0 aliphatic rings. The minimum atomic E-state index is -0.372. The molecule has 14 heavy (non-hydrogen) atoms. The van der Waals surface area contributed by atoms with Crippen molar-refractivity contribution in [1.29, 1.82) is 5.26 Å². The number of hydrogen-bond donors (Lipinski definition) is 0. The Bertz CT molecular complexity index is 400. The molecule has 72 valence electrons. The Kier molecular flexibility index (Phi) is 4.12. The fourth-order valence-electron chi connectivity index (χ4n) is 0.935. The van der Waals surface area contributed by atoms with Crippen molar-refractivity contribution in [2.24, 2.45) is 0 Å². The fraction of sp³-hybridized carbons (Fsp3) is 0.111. The molecule has 0 atom stereocenters. The van der Waals surface area contributed by atoms with Gasteiger partial charge in [-0.3, -0.25) is 0 Å². The Morgan fingerprint density at radius 3 is 2.29 bits per heavy atom. The van der Waals surface area contributed by atoms with Crippen LogP contribution in [0.15, 0.2) is 12.1 Å². The van der Waals surface area contributed by atoms with Crippen molar-refractivity contribution >= 4 is 51.2 Å². The second-order valence-electron chi connectivity index (χ2n) is 2.42. The van der Waals surface area contributed by atoms with Crippen LogP contribution >= 0.6 is 45.2 Å². The highest BCUT2D eigenvalue weighted by Crippen LogP contribution is 2.21. The zero-order valence-corrected chi connectivity index (χ0v) is 11.5. The second kappa shape index (κ2) is 4.93. The highest BCUT2D eigenvalue weighted by atomic mass is 127. The fourth-order valence-corrected chi connectivity index (χ4v) is 3.14. The van der Waals surface area contributed by atoms with Gasteiger partial charge in [-0.05, 0) is 57.3 Å². The first-order chi connectivity index (χ1) is 6.60. The van der Waals surface area contributed by atoms with E-state index in [0.29, 0.717) is 11.1 Å². The van der Waals surface area contributed by atoms with Crippen molar-refractivity contribution in [2.45, 2.75) is 0 Å². The van der Waals surface area contributed by atoms with Crippen LogP contribution in [-0.4, -0.2) is 13.1 Å². The van der Waals surface area contributed by atoms with Gasteiger partial charge in [-0.15, -0.1) is 0 Å². The summed E-state index contributed by atoms with van der Waals surface area (Å²) in [6.45, 7) is 0. The van der Waals surface area contributed by atoms with Crippen LogP contribution in [0.1, 0.15) is 15.9 Å². The average Bonchev–Trinajstić information content (AvgIpc) is 2.16. The van der Waals surface area contributed by atoms with E-state index in [4.69, 9.17) is 5.26 Å². The third-order valence-electron chi connectivity index (χ3n) is 1.56. The first-order valence-corrected chi connectivity index (χ1v) is 5.73. The molecule has 1 rings (SSSR count). The molecular weight excluding hydrogens is 408 g/mol. The normalized spacial score (nSPS) is 9.29. The SMILES string of the molecule is COC(=O)c1c(I)cc(C#N)cc1I. The molecule has 0 radical (unpaired) electrons. The Hall–Kier alpha value is -0.360. The van der Waals surface area contributed by atoms with E-state index in [0.717, 1.165) is 7.14 Å². The Morgan fingerprint density at radius 1 is 1.43 bits per heavy atom. The lowest BCUT2D eigenvalue weighted by Crippen LogP contribution is -2.06. The molecule has 3 nitrogen and oxygen atoms in total. The smallest absolute Gasteiger partial charge is 0.340 e. The van der Waals surface area contributed by atoms with E-state index in [1.807, 2.05) is 51.3 Å². The van der Waals surface area contributed by atoms with Crippen LogP contribution in [0.5, 0.6) is 0 Å². The summed E-state index contributed by atoms with van der Waals surface area (Å²) >= 11 is 4.03. The van der Waals surface area contributed by atoms with Crippen LogP contribution < -0.4 is 0 Å². The molecule has 1 aromatic rings. The molecule has 0 N–H and O–H groups in total. The maximum absolute atomic E-state index is 11.3. The standard InChI is InChI=1S/C9H5I2NO2/c1-14-9(13)8-6(10)2-5(4-12)3-7(8)11/h2-3H,1H3. The molecule has 0 saturated carbocycles. The number of esters is 1. The number of methoxy groups -OCH3 is 1. The van der Waals surface area contributed by atoms with Gasteiger partial charge in [0.2, 0.25) is 0 Å². The number of benzene rings is 1. The first-order valence-electron chi connectivity index (χ1n) is 3.57. The van der Waals surface area contributed by atoms with E-state index in [1.54, 1.807) is 12.1 Å². The summed E-state index contributed by atoms with van der Waals surface area (Å²) in [4.78, 5) is 11.3. The average molecular weight is 413 g/mol. The van der Waals surface area contributed by atoms with Crippen LogP contribution in [0.4, 0.5) is 0 Å². The number of ether oxygens (including phenoxy) is 1. The third-order valence-corrected chi connectivity index (χ3v) is 3.26. The Morgan fingerprint density at radius 2 is 1.93 bits per heavy atom. The Balaban J connectivity index is 3.34. The van der Waals surface area contributed by atoms with Gasteiger partial charge in [0.1, 0.15) is 0 Å². The monoisotopic (exact) mass is 413 g/mol. The quantitative estimate of drug-likeness (QED) is 0.526. The first kappa shape index (κ1) is 11.7. The maximum Gasteiger partial charge on any atom is 0.340 e. The molecule has 5 heteroatoms. The zero-order valence-electron chi connectivity index (χ0n) is 7.17. The van der Waals surface area contributed by atoms with Crippen LogP contribution in [-0.2, 0) is 4.74 Å². The highest BCUT2D eigenvalue weighted by molar-refractivity contribution is 14.1. The van der Waals surface area contributed by atoms with Crippen molar-refractivity contribution in [1.82, 2.24) is 0 Å². The molecular formula is C9H5I2NO2. The number of nitrogens with zero attached hydrogens (tertiary/aromatic N) is 1. The van der Waals surface area contributed by atoms with Crippen molar-refractivity contribution in [2.75, 3.05) is 7.11 Å². The van der Waals surface area contributed by atoms with Crippen molar-refractivity contribution in [3.63, 3.8) is 0 Å². The molecule has 0 heterocycles. The molecule has 0 saturated heterocycles. The van der Waals surface area contributed by atoms with Gasteiger partial charge in [-0.25, -0.2) is 4.79 Å². The number of hydrogen-bond acceptors (Lipinski definition) is 3. The van der Waals surface area contributed by atoms with Gasteiger partial charge in [-0.2, -0.15) is 5.26 Å². The lowest BCUT2D eigenvalue weighted by Gasteiger charge is -2.05. The largest absolute Gasteiger partial charge is 0.465 e. The van der Waals surface area contributed by atoms with Crippen molar-refractivity contribution < 1.29 is 9.53 Å². The zero-order chi connectivity index (χ0) is 10.7. The molecule has 0 aromatic heterocycles. The van der Waals surface area contributed by atoms with E-state index in [9.17, 15) is 4.79 Å². The van der Waals surface area contributed by atoms with Gasteiger partial charge in [0.15, 0.2) is 0 Å². The van der Waals surface area contributed by atoms with Crippen molar-refractivity contribution in [3.8, 4) is 6.07 Å². The molecule has 0 unspecified atom stereocenters. The van der Waals surface area contributed by atoms with E-state index in [1.165, 1.54) is 7.11 Å². The van der Waals surface area contributed by atoms with E-state index < -0.39 is 0 Å². The molecule has 0 fully saturated rings. The number of carbonyl (C=O) groups is 1. The van der Waals surface area contributed by atoms with Crippen LogP contribution in [0.25, 0.3) is 0 Å². The van der Waals surface area contributed by atoms with Gasteiger partial charge in [-0.1, -0.05) is 0 Å². The van der Waals surface area contributed by atoms with E-state index >= 15 is 0 Å². The molecule has 0 bridgehead atoms. The molecule has 0 aliphatic heterocycles. The second-order valence-corrected chi connectivity index (χ2v) is 4.74. The minimum absolute atomic E-state index is 0.372. The summed E-state index contributed by atoms with van der Waals surface area (Å²) in [6.07, 6.45) is 0.